The summed E-state index contributed by atoms with van der Waals surface area (Å²) in [5.74, 6) is 5.67. The van der Waals surface area contributed by atoms with Gasteiger partial charge >= 0.3 is 0 Å². The van der Waals surface area contributed by atoms with Gasteiger partial charge in [-0.3, -0.25) is 20.6 Å². The van der Waals surface area contributed by atoms with E-state index in [1.54, 1.807) is 4.68 Å². The summed E-state index contributed by atoms with van der Waals surface area (Å²) in [6.07, 6.45) is 2.65. The van der Waals surface area contributed by atoms with Crippen molar-refractivity contribution in [3.05, 3.63) is 33.8 Å². The Morgan fingerprint density at radius 2 is 2.21 bits per heavy atom. The van der Waals surface area contributed by atoms with Crippen molar-refractivity contribution < 1.29 is 0 Å². The summed E-state index contributed by atoms with van der Waals surface area (Å²) in [5, 5.41) is 8.89. The highest BCUT2D eigenvalue weighted by molar-refractivity contribution is 9.10. The van der Waals surface area contributed by atoms with E-state index in [2.05, 4.69) is 38.5 Å². The van der Waals surface area contributed by atoms with Gasteiger partial charge in [-0.05, 0) is 35.8 Å². The van der Waals surface area contributed by atoms with Crippen LogP contribution in [0.1, 0.15) is 30.0 Å². The largest absolute Gasteiger partial charge is 0.275 e. The molecule has 0 aliphatic carbocycles. The molecule has 6 nitrogen and oxygen atoms in total. The van der Waals surface area contributed by atoms with Gasteiger partial charge in [0.2, 0.25) is 0 Å². The highest BCUT2D eigenvalue weighted by Crippen LogP contribution is 2.25. The first-order valence-electron chi connectivity index (χ1n) is 6.24. The first kappa shape index (κ1) is 14.2. The Kier molecular flexibility index (Phi) is 4.38. The average molecular weight is 327 g/mol. The third-order valence-electron chi connectivity index (χ3n) is 3.14. The van der Waals surface area contributed by atoms with Gasteiger partial charge in [0.1, 0.15) is 0 Å². The Hall–Kier alpha value is -1.18. The van der Waals surface area contributed by atoms with E-state index in [9.17, 15) is 0 Å². The van der Waals surface area contributed by atoms with Crippen molar-refractivity contribution in [3.8, 4) is 0 Å². The number of hydrogen-bond donors (Lipinski definition) is 2. The second kappa shape index (κ2) is 5.85. The lowest BCUT2D eigenvalue weighted by atomic mass is 10.1. The number of halogens is 1. The van der Waals surface area contributed by atoms with Crippen LogP contribution < -0.4 is 11.3 Å². The highest BCUT2D eigenvalue weighted by atomic mass is 79.9. The van der Waals surface area contributed by atoms with Gasteiger partial charge < -0.3 is 0 Å². The van der Waals surface area contributed by atoms with Crippen molar-refractivity contribution in [2.75, 3.05) is 0 Å². The fraction of sp³-hybridized carbons (Fsp3) is 0.500. The molecule has 0 bridgehead atoms. The molecule has 104 valence electrons. The summed E-state index contributed by atoms with van der Waals surface area (Å²) >= 11 is 3.60. The molecule has 7 heteroatoms. The average Bonchev–Trinajstić information content (AvgIpc) is 2.93. The van der Waals surface area contributed by atoms with Crippen LogP contribution in [0.25, 0.3) is 0 Å². The second-order valence-electron chi connectivity index (χ2n) is 4.50. The number of aryl methyl sites for hydroxylation is 3. The van der Waals surface area contributed by atoms with Crippen molar-refractivity contribution in [1.29, 1.82) is 0 Å². The molecule has 1 unspecified atom stereocenters. The predicted octanol–water partition coefficient (Wildman–Crippen LogP) is 1.45. The molecule has 0 fully saturated rings. The van der Waals surface area contributed by atoms with Crippen LogP contribution in [0.15, 0.2) is 16.7 Å². The number of hydrazine groups is 1. The molecule has 2 aromatic heterocycles. The zero-order chi connectivity index (χ0) is 14.0. The van der Waals surface area contributed by atoms with Gasteiger partial charge in [-0.15, -0.1) is 0 Å². The van der Waals surface area contributed by atoms with Crippen LogP contribution in [0.3, 0.4) is 0 Å². The molecule has 2 heterocycles. The van der Waals surface area contributed by atoms with Crippen LogP contribution in [-0.4, -0.2) is 19.6 Å². The Morgan fingerprint density at radius 1 is 1.47 bits per heavy atom. The molecule has 0 amide bonds. The molecular formula is C12H19BrN6. The first-order valence-corrected chi connectivity index (χ1v) is 7.03. The zero-order valence-electron chi connectivity index (χ0n) is 11.4. The van der Waals surface area contributed by atoms with E-state index in [1.807, 2.05) is 30.9 Å². The predicted molar refractivity (Wildman–Crippen MR) is 77.3 cm³/mol. The standard InChI is InChI=1S/C12H19BrN6/c1-4-19-11(12(13)8(2)16-19)7-10(15-14)9-5-6-18(3)17-9/h5-6,10,15H,4,7,14H2,1-3H3. The maximum Gasteiger partial charge on any atom is 0.0811 e. The molecule has 2 aromatic rings. The minimum Gasteiger partial charge on any atom is -0.275 e. The smallest absolute Gasteiger partial charge is 0.0811 e. The molecular weight excluding hydrogens is 308 g/mol. The van der Waals surface area contributed by atoms with E-state index in [0.29, 0.717) is 0 Å². The molecule has 3 N–H and O–H groups in total. The van der Waals surface area contributed by atoms with E-state index in [4.69, 9.17) is 5.84 Å². The lowest BCUT2D eigenvalue weighted by molar-refractivity contribution is 0.500. The maximum atomic E-state index is 5.67. The van der Waals surface area contributed by atoms with Crippen LogP contribution in [-0.2, 0) is 20.0 Å². The van der Waals surface area contributed by atoms with E-state index >= 15 is 0 Å². The monoisotopic (exact) mass is 326 g/mol. The van der Waals surface area contributed by atoms with Crippen LogP contribution in [0.2, 0.25) is 0 Å². The lowest BCUT2D eigenvalue weighted by Crippen LogP contribution is -2.30. The summed E-state index contributed by atoms with van der Waals surface area (Å²) in [4.78, 5) is 0. The molecule has 0 aromatic carbocycles. The summed E-state index contributed by atoms with van der Waals surface area (Å²) in [7, 11) is 1.90. The van der Waals surface area contributed by atoms with Crippen LogP contribution in [0, 0.1) is 6.92 Å². The van der Waals surface area contributed by atoms with E-state index in [0.717, 1.165) is 34.5 Å². The van der Waals surface area contributed by atoms with Crippen molar-refractivity contribution in [1.82, 2.24) is 25.0 Å². The van der Waals surface area contributed by atoms with Crippen LogP contribution >= 0.6 is 15.9 Å². The normalized spacial score (nSPS) is 12.9. The van der Waals surface area contributed by atoms with Gasteiger partial charge in [0.25, 0.3) is 0 Å². The van der Waals surface area contributed by atoms with Gasteiger partial charge in [0.05, 0.1) is 27.6 Å². The molecule has 0 saturated heterocycles. The molecule has 0 aliphatic heterocycles. The van der Waals surface area contributed by atoms with Crippen molar-refractivity contribution in [2.45, 2.75) is 32.9 Å². The first-order chi connectivity index (χ1) is 9.06. The topological polar surface area (TPSA) is 73.7 Å². The molecule has 0 radical (unpaired) electrons. The minimum absolute atomic E-state index is 0.0288. The lowest BCUT2D eigenvalue weighted by Gasteiger charge is -2.14. The van der Waals surface area contributed by atoms with Crippen molar-refractivity contribution >= 4 is 15.9 Å². The maximum absolute atomic E-state index is 5.67. The van der Waals surface area contributed by atoms with Crippen LogP contribution in [0.4, 0.5) is 0 Å². The second-order valence-corrected chi connectivity index (χ2v) is 5.29. The SMILES string of the molecule is CCn1nc(C)c(Br)c1CC(NN)c1ccn(C)n1. The Labute approximate surface area is 121 Å². The fourth-order valence-corrected chi connectivity index (χ4v) is 2.57. The Balaban J connectivity index is 2.28. The Morgan fingerprint density at radius 3 is 2.74 bits per heavy atom. The molecule has 19 heavy (non-hydrogen) atoms. The Bertz CT molecular complexity index is 559. The third-order valence-corrected chi connectivity index (χ3v) is 4.17. The highest BCUT2D eigenvalue weighted by Gasteiger charge is 2.19. The minimum atomic E-state index is -0.0288. The summed E-state index contributed by atoms with van der Waals surface area (Å²) in [6.45, 7) is 4.90. The van der Waals surface area contributed by atoms with Gasteiger partial charge in [0.15, 0.2) is 0 Å². The van der Waals surface area contributed by atoms with Crippen molar-refractivity contribution in [3.63, 3.8) is 0 Å². The zero-order valence-corrected chi connectivity index (χ0v) is 13.0. The number of aromatic nitrogens is 4. The number of nitrogens with two attached hydrogens (primary N) is 1. The molecule has 0 saturated carbocycles. The van der Waals surface area contributed by atoms with Gasteiger partial charge in [-0.2, -0.15) is 10.2 Å². The van der Waals surface area contributed by atoms with Gasteiger partial charge in [-0.1, -0.05) is 0 Å². The summed E-state index contributed by atoms with van der Waals surface area (Å²) in [5.41, 5.74) is 5.89. The number of nitrogens with one attached hydrogen (secondary N) is 1. The van der Waals surface area contributed by atoms with Crippen molar-refractivity contribution in [2.24, 2.45) is 12.9 Å². The van der Waals surface area contributed by atoms with Gasteiger partial charge in [0, 0.05) is 26.2 Å². The number of hydrogen-bond acceptors (Lipinski definition) is 4. The molecule has 0 spiro atoms. The van der Waals surface area contributed by atoms with E-state index < -0.39 is 0 Å². The number of nitrogens with zero attached hydrogens (tertiary/aromatic N) is 4. The molecule has 1 atom stereocenters. The van der Waals surface area contributed by atoms with Gasteiger partial charge in [-0.25, -0.2) is 0 Å². The van der Waals surface area contributed by atoms with E-state index in [1.165, 1.54) is 0 Å². The molecule has 2 rings (SSSR count). The molecule has 0 aliphatic rings. The summed E-state index contributed by atoms with van der Waals surface area (Å²) in [6, 6.07) is 1.94. The quantitative estimate of drug-likeness (QED) is 0.644. The fourth-order valence-electron chi connectivity index (χ4n) is 2.13. The number of rotatable bonds is 5. The third kappa shape index (κ3) is 2.88. The summed E-state index contributed by atoms with van der Waals surface area (Å²) < 4.78 is 4.81. The van der Waals surface area contributed by atoms with Crippen LogP contribution in [0.5, 0.6) is 0 Å². The van der Waals surface area contributed by atoms with E-state index in [-0.39, 0.29) is 6.04 Å².